The molecule has 0 atom stereocenters. The van der Waals surface area contributed by atoms with E-state index in [4.69, 9.17) is 0 Å². The number of anilines is 1. The molecule has 7 heteroatoms. The van der Waals surface area contributed by atoms with Gasteiger partial charge in [0.25, 0.3) is 5.91 Å². The van der Waals surface area contributed by atoms with Crippen LogP contribution in [0.1, 0.15) is 32.1 Å². The summed E-state index contributed by atoms with van der Waals surface area (Å²) in [5.74, 6) is -1.51. The van der Waals surface area contributed by atoms with Crippen LogP contribution in [0.3, 0.4) is 0 Å². The SMILES string of the molecule is Cc1nc2c(C)cc(Br)cn2c1C(=O)Nc1ccccc1C(=O)O. The minimum absolute atomic E-state index is 0.0367. The van der Waals surface area contributed by atoms with Crippen LogP contribution in [0.4, 0.5) is 5.69 Å². The van der Waals surface area contributed by atoms with E-state index >= 15 is 0 Å². The van der Waals surface area contributed by atoms with Crippen LogP contribution in [0.2, 0.25) is 0 Å². The van der Waals surface area contributed by atoms with Crippen molar-refractivity contribution < 1.29 is 14.7 Å². The van der Waals surface area contributed by atoms with Gasteiger partial charge in [0.15, 0.2) is 0 Å². The summed E-state index contributed by atoms with van der Waals surface area (Å²) >= 11 is 3.42. The first-order valence-corrected chi connectivity index (χ1v) is 7.96. The van der Waals surface area contributed by atoms with Crippen LogP contribution < -0.4 is 5.32 Å². The van der Waals surface area contributed by atoms with E-state index in [1.54, 1.807) is 35.7 Å². The lowest BCUT2D eigenvalue weighted by Crippen LogP contribution is -2.17. The van der Waals surface area contributed by atoms with Crippen LogP contribution in [0, 0.1) is 13.8 Å². The van der Waals surface area contributed by atoms with Crippen molar-refractivity contribution in [2.75, 3.05) is 5.32 Å². The lowest BCUT2D eigenvalue weighted by Gasteiger charge is -2.09. The van der Waals surface area contributed by atoms with Crippen molar-refractivity contribution in [3.63, 3.8) is 0 Å². The molecule has 0 fully saturated rings. The van der Waals surface area contributed by atoms with Crippen molar-refractivity contribution in [1.29, 1.82) is 0 Å². The third kappa shape index (κ3) is 2.78. The summed E-state index contributed by atoms with van der Waals surface area (Å²) < 4.78 is 2.53. The third-order valence-electron chi connectivity index (χ3n) is 3.67. The van der Waals surface area contributed by atoms with Crippen molar-refractivity contribution >= 4 is 39.1 Å². The lowest BCUT2D eigenvalue weighted by atomic mass is 10.1. The molecule has 1 aromatic carbocycles. The minimum atomic E-state index is -1.10. The van der Waals surface area contributed by atoms with Gasteiger partial charge in [-0.3, -0.25) is 9.20 Å². The molecule has 2 aromatic heterocycles. The molecule has 6 nitrogen and oxygen atoms in total. The number of nitrogens with zero attached hydrogens (tertiary/aromatic N) is 2. The molecule has 1 amide bonds. The number of fused-ring (bicyclic) bond motifs is 1. The Bertz CT molecular complexity index is 979. The van der Waals surface area contributed by atoms with Gasteiger partial charge >= 0.3 is 5.97 Å². The standard InChI is InChI=1S/C17H14BrN3O3/c1-9-7-11(18)8-21-14(10(2)19-15(9)21)16(22)20-13-6-4-3-5-12(13)17(23)24/h3-8H,1-2H3,(H,20,22)(H,23,24). The molecule has 0 aliphatic rings. The number of carbonyl (C=O) groups is 2. The number of pyridine rings is 1. The molecule has 122 valence electrons. The van der Waals surface area contributed by atoms with E-state index in [0.717, 1.165) is 10.0 Å². The smallest absolute Gasteiger partial charge is 0.337 e. The highest BCUT2D eigenvalue weighted by Crippen LogP contribution is 2.22. The summed E-state index contributed by atoms with van der Waals surface area (Å²) in [5.41, 5.74) is 2.84. The zero-order chi connectivity index (χ0) is 17.4. The maximum absolute atomic E-state index is 12.7. The first-order chi connectivity index (χ1) is 11.4. The largest absolute Gasteiger partial charge is 0.478 e. The third-order valence-corrected chi connectivity index (χ3v) is 4.10. The van der Waals surface area contributed by atoms with Gasteiger partial charge in [0.05, 0.1) is 16.9 Å². The average Bonchev–Trinajstić information content (AvgIpc) is 2.84. The van der Waals surface area contributed by atoms with E-state index in [0.29, 0.717) is 17.0 Å². The minimum Gasteiger partial charge on any atom is -0.478 e. The first kappa shape index (κ1) is 16.2. The number of hydrogen-bond acceptors (Lipinski definition) is 3. The summed E-state index contributed by atoms with van der Waals surface area (Å²) in [6.07, 6.45) is 1.76. The molecule has 0 saturated heterocycles. The quantitative estimate of drug-likeness (QED) is 0.717. The number of amides is 1. The molecular formula is C17H14BrN3O3. The Morgan fingerprint density at radius 3 is 2.67 bits per heavy atom. The Morgan fingerprint density at radius 1 is 1.25 bits per heavy atom. The maximum atomic E-state index is 12.7. The van der Waals surface area contributed by atoms with Gasteiger partial charge in [0.2, 0.25) is 0 Å². The first-order valence-electron chi connectivity index (χ1n) is 7.17. The number of nitrogens with one attached hydrogen (secondary N) is 1. The molecular weight excluding hydrogens is 374 g/mol. The summed E-state index contributed by atoms with van der Waals surface area (Å²) in [7, 11) is 0. The molecule has 3 aromatic rings. The number of carboxylic acid groups (broad SMARTS) is 1. The van der Waals surface area contributed by atoms with Crippen LogP contribution in [-0.4, -0.2) is 26.4 Å². The monoisotopic (exact) mass is 387 g/mol. The van der Waals surface area contributed by atoms with Crippen molar-refractivity contribution in [2.45, 2.75) is 13.8 Å². The summed E-state index contributed by atoms with van der Waals surface area (Å²) in [6.45, 7) is 3.66. The maximum Gasteiger partial charge on any atom is 0.337 e. The molecule has 24 heavy (non-hydrogen) atoms. The fourth-order valence-corrected chi connectivity index (χ4v) is 3.16. The van der Waals surface area contributed by atoms with Crippen molar-refractivity contribution in [2.24, 2.45) is 0 Å². The van der Waals surface area contributed by atoms with Crippen LogP contribution in [0.15, 0.2) is 41.0 Å². The van der Waals surface area contributed by atoms with Gasteiger partial charge in [-0.15, -0.1) is 0 Å². The molecule has 0 aliphatic heterocycles. The Hall–Kier alpha value is -2.67. The number of imidazole rings is 1. The van der Waals surface area contributed by atoms with E-state index in [1.165, 1.54) is 6.07 Å². The van der Waals surface area contributed by atoms with Gasteiger partial charge in [0.1, 0.15) is 11.3 Å². The number of benzene rings is 1. The number of para-hydroxylation sites is 1. The Morgan fingerprint density at radius 2 is 1.96 bits per heavy atom. The normalized spacial score (nSPS) is 10.8. The van der Waals surface area contributed by atoms with Gasteiger partial charge in [-0.05, 0) is 53.5 Å². The molecule has 0 aliphatic carbocycles. The Balaban J connectivity index is 2.07. The van der Waals surface area contributed by atoms with E-state index in [-0.39, 0.29) is 11.3 Å². The highest BCUT2D eigenvalue weighted by molar-refractivity contribution is 9.10. The molecule has 0 radical (unpaired) electrons. The highest BCUT2D eigenvalue weighted by atomic mass is 79.9. The van der Waals surface area contributed by atoms with Gasteiger partial charge in [-0.25, -0.2) is 9.78 Å². The molecule has 2 N–H and O–H groups in total. The number of aromatic carboxylic acids is 1. The van der Waals surface area contributed by atoms with E-state index < -0.39 is 11.9 Å². The van der Waals surface area contributed by atoms with Crippen LogP contribution in [-0.2, 0) is 0 Å². The van der Waals surface area contributed by atoms with Crippen molar-refractivity contribution in [3.05, 3.63) is 63.5 Å². The summed E-state index contributed by atoms with van der Waals surface area (Å²) in [5, 5.41) is 11.9. The average molecular weight is 388 g/mol. The zero-order valence-electron chi connectivity index (χ0n) is 13.0. The second-order valence-corrected chi connectivity index (χ2v) is 6.30. The van der Waals surface area contributed by atoms with Crippen LogP contribution in [0.25, 0.3) is 5.65 Å². The number of halogens is 1. The fourth-order valence-electron chi connectivity index (χ4n) is 2.62. The van der Waals surface area contributed by atoms with Crippen LogP contribution in [0.5, 0.6) is 0 Å². The molecule has 0 saturated carbocycles. The van der Waals surface area contributed by atoms with Gasteiger partial charge in [0, 0.05) is 10.7 Å². The predicted octanol–water partition coefficient (Wildman–Crippen LogP) is 3.66. The Labute approximate surface area is 146 Å². The second kappa shape index (κ2) is 6.09. The number of aromatic nitrogens is 2. The number of rotatable bonds is 3. The van der Waals surface area contributed by atoms with Crippen LogP contribution >= 0.6 is 15.9 Å². The van der Waals surface area contributed by atoms with Gasteiger partial charge in [-0.1, -0.05) is 12.1 Å². The van der Waals surface area contributed by atoms with Gasteiger partial charge < -0.3 is 10.4 Å². The molecule has 3 rings (SSSR count). The molecule has 0 unspecified atom stereocenters. The van der Waals surface area contributed by atoms with Crippen molar-refractivity contribution in [3.8, 4) is 0 Å². The number of aryl methyl sites for hydroxylation is 2. The number of carbonyl (C=O) groups excluding carboxylic acids is 1. The molecule has 2 heterocycles. The summed E-state index contributed by atoms with van der Waals surface area (Å²) in [4.78, 5) is 28.4. The fraction of sp³-hybridized carbons (Fsp3) is 0.118. The van der Waals surface area contributed by atoms with Crippen molar-refractivity contribution in [1.82, 2.24) is 9.38 Å². The van der Waals surface area contributed by atoms with E-state index in [2.05, 4.69) is 26.2 Å². The molecule has 0 spiro atoms. The highest BCUT2D eigenvalue weighted by Gasteiger charge is 2.20. The lowest BCUT2D eigenvalue weighted by molar-refractivity contribution is 0.0698. The zero-order valence-corrected chi connectivity index (χ0v) is 14.6. The predicted molar refractivity (Wildman–Crippen MR) is 93.7 cm³/mol. The van der Waals surface area contributed by atoms with Gasteiger partial charge in [-0.2, -0.15) is 0 Å². The number of hydrogen-bond donors (Lipinski definition) is 2. The molecule has 0 bridgehead atoms. The number of carboxylic acids is 1. The topological polar surface area (TPSA) is 83.7 Å². The Kier molecular flexibility index (Phi) is 4.11. The summed E-state index contributed by atoms with van der Waals surface area (Å²) in [6, 6.07) is 8.20. The van der Waals surface area contributed by atoms with E-state index in [9.17, 15) is 14.7 Å². The second-order valence-electron chi connectivity index (χ2n) is 5.39. The van der Waals surface area contributed by atoms with E-state index in [1.807, 2.05) is 13.0 Å².